The van der Waals surface area contributed by atoms with E-state index in [2.05, 4.69) is 4.74 Å². The first-order valence-corrected chi connectivity index (χ1v) is 8.61. The molecule has 2 aromatic carbocycles. The normalized spacial score (nSPS) is 11.6. The molecule has 0 fully saturated rings. The molecule has 0 bridgehead atoms. The number of nitrogens with zero attached hydrogens (tertiary/aromatic N) is 1. The molecule has 0 saturated carbocycles. The lowest BCUT2D eigenvalue weighted by Gasteiger charge is -2.12. The zero-order chi connectivity index (χ0) is 23.3. The quantitative estimate of drug-likeness (QED) is 0.190. The molecule has 0 amide bonds. The second-order valence-corrected chi connectivity index (χ2v) is 6.26. The van der Waals surface area contributed by atoms with E-state index in [9.17, 15) is 32.9 Å². The van der Waals surface area contributed by atoms with Gasteiger partial charge >= 0.3 is 18.1 Å². The number of carbonyl (C=O) groups excluding carboxylic acids is 2. The van der Waals surface area contributed by atoms with Crippen LogP contribution in [0.5, 0.6) is 11.5 Å². The second kappa shape index (κ2) is 9.47. The first-order chi connectivity index (χ1) is 14.4. The van der Waals surface area contributed by atoms with Crippen molar-refractivity contribution < 1.29 is 41.9 Å². The summed E-state index contributed by atoms with van der Waals surface area (Å²) in [5.41, 5.74) is -2.14. The van der Waals surface area contributed by atoms with Crippen LogP contribution in [-0.2, 0) is 20.4 Å². The van der Waals surface area contributed by atoms with Gasteiger partial charge in [-0.3, -0.25) is 10.1 Å². The first kappa shape index (κ1) is 23.7. The summed E-state index contributed by atoms with van der Waals surface area (Å²) in [4.78, 5) is 33.9. The first-order valence-electron chi connectivity index (χ1n) is 8.24. The Hall–Kier alpha value is -3.60. The molecular formula is C19H13ClF3NO7. The van der Waals surface area contributed by atoms with E-state index in [-0.39, 0.29) is 22.3 Å². The van der Waals surface area contributed by atoms with E-state index >= 15 is 0 Å². The summed E-state index contributed by atoms with van der Waals surface area (Å²) >= 11 is 5.82. The van der Waals surface area contributed by atoms with Gasteiger partial charge in [-0.2, -0.15) is 13.2 Å². The van der Waals surface area contributed by atoms with Crippen molar-refractivity contribution in [2.75, 3.05) is 7.11 Å². The van der Waals surface area contributed by atoms with Crippen LogP contribution in [0.15, 0.2) is 48.2 Å². The van der Waals surface area contributed by atoms with Gasteiger partial charge in [-0.1, -0.05) is 11.6 Å². The van der Waals surface area contributed by atoms with Crippen LogP contribution in [0, 0.1) is 10.1 Å². The molecule has 0 aliphatic heterocycles. The zero-order valence-corrected chi connectivity index (χ0v) is 16.6. The summed E-state index contributed by atoms with van der Waals surface area (Å²) < 4.78 is 52.9. The van der Waals surface area contributed by atoms with Crippen LogP contribution in [0.3, 0.4) is 0 Å². The van der Waals surface area contributed by atoms with Crippen LogP contribution in [-0.4, -0.2) is 24.0 Å². The maximum atomic E-state index is 12.7. The number of esters is 2. The molecule has 31 heavy (non-hydrogen) atoms. The molecule has 0 unspecified atom stereocenters. The highest BCUT2D eigenvalue weighted by Crippen LogP contribution is 2.37. The van der Waals surface area contributed by atoms with Crippen LogP contribution < -0.4 is 4.74 Å². The second-order valence-electron chi connectivity index (χ2n) is 5.85. The predicted octanol–water partition coefficient (Wildman–Crippen LogP) is 5.29. The smallest absolute Gasteiger partial charge is 0.416 e. The highest BCUT2D eigenvalue weighted by atomic mass is 35.5. The summed E-state index contributed by atoms with van der Waals surface area (Å²) in [7, 11) is 1.10. The number of methoxy groups -OCH3 is 1. The van der Waals surface area contributed by atoms with Gasteiger partial charge in [0, 0.05) is 12.1 Å². The van der Waals surface area contributed by atoms with E-state index in [1.165, 1.54) is 6.92 Å². The standard InChI is InChI=1S/C19H13ClF3NO7/c1-10(7-17(25)29-2)30-18(26)13-9-12(4-5-15(13)24(27)28)31-16-6-3-11(8-14(16)20)19(21,22)23/h3-9H,1-2H3/b10-7+. The van der Waals surface area contributed by atoms with Crippen LogP contribution in [0.2, 0.25) is 5.02 Å². The van der Waals surface area contributed by atoms with Crippen molar-refractivity contribution in [2.45, 2.75) is 13.1 Å². The Morgan fingerprint density at radius 3 is 2.39 bits per heavy atom. The number of rotatable bonds is 6. The lowest BCUT2D eigenvalue weighted by molar-refractivity contribution is -0.385. The Kier molecular flexibility index (Phi) is 7.24. The average Bonchev–Trinajstić information content (AvgIpc) is 2.68. The molecule has 0 N–H and O–H groups in total. The van der Waals surface area contributed by atoms with Crippen molar-refractivity contribution in [2.24, 2.45) is 0 Å². The van der Waals surface area contributed by atoms with Crippen LogP contribution in [0.4, 0.5) is 18.9 Å². The van der Waals surface area contributed by atoms with Gasteiger partial charge in [0.1, 0.15) is 22.8 Å². The van der Waals surface area contributed by atoms with Crippen LogP contribution in [0.1, 0.15) is 22.8 Å². The van der Waals surface area contributed by atoms with Gasteiger partial charge in [0.05, 0.1) is 28.7 Å². The van der Waals surface area contributed by atoms with Crippen LogP contribution in [0.25, 0.3) is 0 Å². The Morgan fingerprint density at radius 1 is 1.16 bits per heavy atom. The van der Waals surface area contributed by atoms with Gasteiger partial charge in [-0.15, -0.1) is 0 Å². The number of carbonyl (C=O) groups is 2. The van der Waals surface area contributed by atoms with E-state index in [0.29, 0.717) is 6.07 Å². The minimum absolute atomic E-state index is 0.131. The fourth-order valence-corrected chi connectivity index (χ4v) is 2.46. The number of hydrogen-bond acceptors (Lipinski definition) is 7. The minimum atomic E-state index is -4.61. The Morgan fingerprint density at radius 2 is 1.84 bits per heavy atom. The number of nitro benzene ring substituents is 1. The van der Waals surface area contributed by atoms with E-state index in [1.54, 1.807) is 0 Å². The average molecular weight is 460 g/mol. The molecule has 0 atom stereocenters. The van der Waals surface area contributed by atoms with Crippen molar-refractivity contribution in [3.63, 3.8) is 0 Å². The predicted molar refractivity (Wildman–Crippen MR) is 101 cm³/mol. The maximum absolute atomic E-state index is 12.7. The number of alkyl halides is 3. The summed E-state index contributed by atoms with van der Waals surface area (Å²) in [6.07, 6.45) is -3.76. The minimum Gasteiger partial charge on any atom is -0.466 e. The topological polar surface area (TPSA) is 105 Å². The molecule has 0 aliphatic carbocycles. The molecular weight excluding hydrogens is 447 g/mol. The van der Waals surface area contributed by atoms with Gasteiger partial charge in [-0.05, 0) is 31.2 Å². The summed E-state index contributed by atoms with van der Waals surface area (Å²) in [5.74, 6) is -2.48. The fraction of sp³-hybridized carbons (Fsp3) is 0.158. The number of nitro groups is 1. The largest absolute Gasteiger partial charge is 0.466 e. The lowest BCUT2D eigenvalue weighted by atomic mass is 10.1. The number of allylic oxidation sites excluding steroid dienone is 1. The molecule has 0 aliphatic rings. The molecule has 8 nitrogen and oxygen atoms in total. The number of benzene rings is 2. The molecule has 164 valence electrons. The third kappa shape index (κ3) is 6.19. The van der Waals surface area contributed by atoms with Crippen molar-refractivity contribution in [1.82, 2.24) is 0 Å². The summed E-state index contributed by atoms with van der Waals surface area (Å²) in [6, 6.07) is 5.39. The number of halogens is 4. The van der Waals surface area contributed by atoms with Gasteiger partial charge in [0.15, 0.2) is 0 Å². The third-order valence-corrected chi connectivity index (χ3v) is 3.94. The van der Waals surface area contributed by atoms with E-state index in [4.69, 9.17) is 21.1 Å². The molecule has 2 rings (SSSR count). The Balaban J connectivity index is 2.35. The van der Waals surface area contributed by atoms with Crippen molar-refractivity contribution in [1.29, 1.82) is 0 Å². The van der Waals surface area contributed by atoms with Crippen molar-refractivity contribution >= 4 is 29.2 Å². The van der Waals surface area contributed by atoms with E-state index < -0.39 is 39.9 Å². The lowest BCUT2D eigenvalue weighted by Crippen LogP contribution is -2.09. The SMILES string of the molecule is COC(=O)/C=C(\C)OC(=O)c1cc(Oc2ccc(C(F)(F)F)cc2Cl)ccc1[N+](=O)[O-]. The number of ether oxygens (including phenoxy) is 3. The summed E-state index contributed by atoms with van der Waals surface area (Å²) in [5, 5.41) is 10.9. The zero-order valence-electron chi connectivity index (χ0n) is 15.9. The highest BCUT2D eigenvalue weighted by molar-refractivity contribution is 6.32. The van der Waals surface area contributed by atoms with Gasteiger partial charge in [0.25, 0.3) is 5.69 Å². The van der Waals surface area contributed by atoms with Gasteiger partial charge in [0.2, 0.25) is 0 Å². The maximum Gasteiger partial charge on any atom is 0.416 e. The fourth-order valence-electron chi connectivity index (χ4n) is 2.24. The van der Waals surface area contributed by atoms with Crippen molar-refractivity contribution in [3.05, 3.63) is 74.5 Å². The third-order valence-electron chi connectivity index (χ3n) is 3.65. The Bertz CT molecular complexity index is 1070. The highest BCUT2D eigenvalue weighted by Gasteiger charge is 2.31. The molecule has 0 aromatic heterocycles. The molecule has 0 saturated heterocycles. The van der Waals surface area contributed by atoms with Crippen LogP contribution >= 0.6 is 11.6 Å². The molecule has 2 aromatic rings. The van der Waals surface area contributed by atoms with Gasteiger partial charge in [-0.25, -0.2) is 9.59 Å². The van der Waals surface area contributed by atoms with Gasteiger partial charge < -0.3 is 14.2 Å². The molecule has 0 radical (unpaired) electrons. The molecule has 0 heterocycles. The van der Waals surface area contributed by atoms with E-state index in [0.717, 1.165) is 43.5 Å². The van der Waals surface area contributed by atoms with E-state index in [1.807, 2.05) is 0 Å². The summed E-state index contributed by atoms with van der Waals surface area (Å²) in [6.45, 7) is 1.25. The number of hydrogen-bond donors (Lipinski definition) is 0. The molecule has 12 heteroatoms. The molecule has 0 spiro atoms. The Labute approximate surface area is 177 Å². The monoisotopic (exact) mass is 459 g/mol. The van der Waals surface area contributed by atoms with Crippen molar-refractivity contribution in [3.8, 4) is 11.5 Å².